The molecule has 2 rings (SSSR count). The van der Waals surface area contributed by atoms with Crippen LogP contribution in [0.2, 0.25) is 10.0 Å². The van der Waals surface area contributed by atoms with Gasteiger partial charge in [0.25, 0.3) is 0 Å². The fraction of sp³-hybridized carbons (Fsp3) is 0.250. The summed E-state index contributed by atoms with van der Waals surface area (Å²) in [4.78, 5) is 0. The van der Waals surface area contributed by atoms with Gasteiger partial charge in [-0.25, -0.2) is 4.39 Å². The minimum Gasteiger partial charge on any atom is -0.489 e. The van der Waals surface area contributed by atoms with E-state index in [0.717, 1.165) is 0 Å². The van der Waals surface area contributed by atoms with E-state index in [2.05, 4.69) is 5.32 Å². The van der Waals surface area contributed by atoms with Gasteiger partial charge in [-0.3, -0.25) is 0 Å². The lowest BCUT2D eigenvalue weighted by molar-refractivity contribution is 0.304. The molecule has 0 aliphatic rings. The molecule has 0 saturated carbocycles. The van der Waals surface area contributed by atoms with Crippen LogP contribution in [0.15, 0.2) is 36.4 Å². The van der Waals surface area contributed by atoms with Crippen molar-refractivity contribution in [1.82, 2.24) is 5.32 Å². The van der Waals surface area contributed by atoms with Crippen molar-refractivity contribution >= 4 is 23.2 Å². The second-order valence-corrected chi connectivity index (χ2v) is 5.50. The van der Waals surface area contributed by atoms with Crippen LogP contribution in [0.3, 0.4) is 0 Å². The largest absolute Gasteiger partial charge is 0.489 e. The molecule has 0 fully saturated rings. The Kier molecular flexibility index (Phi) is 5.45. The second kappa shape index (κ2) is 7.12. The van der Waals surface area contributed by atoms with Gasteiger partial charge in [0.05, 0.1) is 0 Å². The molecule has 0 aromatic heterocycles. The lowest BCUT2D eigenvalue weighted by atomic mass is 10.1. The first kappa shape index (κ1) is 16.1. The van der Waals surface area contributed by atoms with Gasteiger partial charge in [0.15, 0.2) is 0 Å². The molecule has 2 nitrogen and oxygen atoms in total. The first-order valence-corrected chi connectivity index (χ1v) is 7.31. The summed E-state index contributed by atoms with van der Waals surface area (Å²) in [6.45, 7) is 2.08. The van der Waals surface area contributed by atoms with E-state index in [4.69, 9.17) is 27.9 Å². The summed E-state index contributed by atoms with van der Waals surface area (Å²) < 4.78 is 19.6. The summed E-state index contributed by atoms with van der Waals surface area (Å²) in [5, 5.41) is 4.06. The lowest BCUT2D eigenvalue weighted by Crippen LogP contribution is -2.13. The van der Waals surface area contributed by atoms with Gasteiger partial charge in [-0.1, -0.05) is 35.3 Å². The van der Waals surface area contributed by atoms with Crippen LogP contribution < -0.4 is 10.1 Å². The molecule has 5 heteroatoms. The summed E-state index contributed by atoms with van der Waals surface area (Å²) in [7, 11) is 1.79. The standard InChI is InChI=1S/C16H16Cl2FNO/c1-10(20-2)12-7-6-11(8-16(12)19)21-9-13-14(17)4-3-5-15(13)18/h3-8,10,20H,9H2,1-2H3. The molecule has 0 bridgehead atoms. The van der Waals surface area contributed by atoms with Crippen LogP contribution in [0, 0.1) is 5.82 Å². The van der Waals surface area contributed by atoms with Crippen LogP contribution in [-0.4, -0.2) is 7.05 Å². The van der Waals surface area contributed by atoms with Crippen LogP contribution in [0.4, 0.5) is 4.39 Å². The summed E-state index contributed by atoms with van der Waals surface area (Å²) >= 11 is 12.1. The number of benzene rings is 2. The van der Waals surface area contributed by atoms with Crippen LogP contribution >= 0.6 is 23.2 Å². The van der Waals surface area contributed by atoms with Crippen molar-refractivity contribution in [2.45, 2.75) is 19.6 Å². The number of nitrogens with one attached hydrogen (secondary N) is 1. The van der Waals surface area contributed by atoms with Gasteiger partial charge in [-0.05, 0) is 32.2 Å². The van der Waals surface area contributed by atoms with Crippen molar-refractivity contribution in [2.24, 2.45) is 0 Å². The normalized spacial score (nSPS) is 12.2. The molecular weight excluding hydrogens is 312 g/mol. The predicted octanol–water partition coefficient (Wildman–Crippen LogP) is 4.99. The monoisotopic (exact) mass is 327 g/mol. The maximum atomic E-state index is 14.0. The highest BCUT2D eigenvalue weighted by Crippen LogP contribution is 2.27. The van der Waals surface area contributed by atoms with Crippen molar-refractivity contribution in [3.63, 3.8) is 0 Å². The third-order valence-corrected chi connectivity index (χ3v) is 4.02. The Labute approximate surface area is 133 Å². The molecule has 1 atom stereocenters. The Balaban J connectivity index is 2.12. The molecule has 1 N–H and O–H groups in total. The fourth-order valence-corrected chi connectivity index (χ4v) is 2.44. The van der Waals surface area contributed by atoms with Gasteiger partial charge < -0.3 is 10.1 Å². The first-order valence-electron chi connectivity index (χ1n) is 6.55. The molecule has 1 unspecified atom stereocenters. The van der Waals surface area contributed by atoms with Crippen LogP contribution in [-0.2, 0) is 6.61 Å². The molecule has 0 spiro atoms. The van der Waals surface area contributed by atoms with E-state index in [1.165, 1.54) is 6.07 Å². The number of rotatable bonds is 5. The maximum Gasteiger partial charge on any atom is 0.131 e. The zero-order valence-electron chi connectivity index (χ0n) is 11.8. The van der Waals surface area contributed by atoms with Crippen molar-refractivity contribution < 1.29 is 9.13 Å². The fourth-order valence-electron chi connectivity index (χ4n) is 1.93. The highest BCUT2D eigenvalue weighted by Gasteiger charge is 2.11. The summed E-state index contributed by atoms with van der Waals surface area (Å²) in [6, 6.07) is 10.00. The molecular formula is C16H16Cl2FNO. The van der Waals surface area contributed by atoms with E-state index in [1.807, 2.05) is 6.92 Å². The van der Waals surface area contributed by atoms with Gasteiger partial charge in [-0.2, -0.15) is 0 Å². The molecule has 0 radical (unpaired) electrons. The van der Waals surface area contributed by atoms with Crippen LogP contribution in [0.1, 0.15) is 24.1 Å². The van der Waals surface area contributed by atoms with Gasteiger partial charge in [-0.15, -0.1) is 0 Å². The van der Waals surface area contributed by atoms with E-state index in [0.29, 0.717) is 26.9 Å². The summed E-state index contributed by atoms with van der Waals surface area (Å²) in [5.41, 5.74) is 1.29. The molecule has 0 saturated heterocycles. The number of halogens is 3. The number of hydrogen-bond donors (Lipinski definition) is 1. The van der Waals surface area contributed by atoms with E-state index in [9.17, 15) is 4.39 Å². The molecule has 0 heterocycles. The molecule has 2 aromatic carbocycles. The van der Waals surface area contributed by atoms with E-state index in [-0.39, 0.29) is 18.5 Å². The van der Waals surface area contributed by atoms with E-state index in [1.54, 1.807) is 37.4 Å². The molecule has 112 valence electrons. The maximum absolute atomic E-state index is 14.0. The number of hydrogen-bond acceptors (Lipinski definition) is 2. The third kappa shape index (κ3) is 3.88. The lowest BCUT2D eigenvalue weighted by Gasteiger charge is -2.14. The third-order valence-electron chi connectivity index (χ3n) is 3.32. The topological polar surface area (TPSA) is 21.3 Å². The highest BCUT2D eigenvalue weighted by molar-refractivity contribution is 6.35. The van der Waals surface area contributed by atoms with Gasteiger partial charge in [0.2, 0.25) is 0 Å². The SMILES string of the molecule is CNC(C)c1ccc(OCc2c(Cl)cccc2Cl)cc1F. The molecule has 0 aliphatic heterocycles. The van der Waals surface area contributed by atoms with Gasteiger partial charge >= 0.3 is 0 Å². The smallest absolute Gasteiger partial charge is 0.131 e. The van der Waals surface area contributed by atoms with Crippen molar-refractivity contribution in [2.75, 3.05) is 7.05 Å². The molecule has 0 aliphatic carbocycles. The second-order valence-electron chi connectivity index (χ2n) is 4.68. The average molecular weight is 328 g/mol. The highest BCUT2D eigenvalue weighted by atomic mass is 35.5. The van der Waals surface area contributed by atoms with Crippen LogP contribution in [0.25, 0.3) is 0 Å². The minimum absolute atomic E-state index is 0.0583. The molecule has 21 heavy (non-hydrogen) atoms. The molecule has 2 aromatic rings. The van der Waals surface area contributed by atoms with Crippen molar-refractivity contribution in [3.8, 4) is 5.75 Å². The van der Waals surface area contributed by atoms with Gasteiger partial charge in [0, 0.05) is 33.3 Å². The Hall–Kier alpha value is -1.29. The average Bonchev–Trinajstić information content (AvgIpc) is 2.46. The molecule has 0 amide bonds. The zero-order chi connectivity index (χ0) is 15.4. The van der Waals surface area contributed by atoms with Crippen molar-refractivity contribution in [1.29, 1.82) is 0 Å². The number of ether oxygens (including phenoxy) is 1. The van der Waals surface area contributed by atoms with Crippen molar-refractivity contribution in [3.05, 3.63) is 63.4 Å². The first-order chi connectivity index (χ1) is 10.0. The van der Waals surface area contributed by atoms with Gasteiger partial charge in [0.1, 0.15) is 18.2 Å². The Bertz CT molecular complexity index is 613. The summed E-state index contributed by atoms with van der Waals surface area (Å²) in [5.74, 6) is 0.134. The Morgan fingerprint density at radius 3 is 2.43 bits per heavy atom. The zero-order valence-corrected chi connectivity index (χ0v) is 13.3. The predicted molar refractivity (Wildman–Crippen MR) is 84.7 cm³/mol. The Morgan fingerprint density at radius 1 is 1.19 bits per heavy atom. The summed E-state index contributed by atoms with van der Waals surface area (Å²) in [6.07, 6.45) is 0. The Morgan fingerprint density at radius 2 is 1.86 bits per heavy atom. The van der Waals surface area contributed by atoms with E-state index >= 15 is 0 Å². The van der Waals surface area contributed by atoms with E-state index < -0.39 is 0 Å². The minimum atomic E-state index is -0.306. The quantitative estimate of drug-likeness (QED) is 0.835. The van der Waals surface area contributed by atoms with Crippen LogP contribution in [0.5, 0.6) is 5.75 Å².